The van der Waals surface area contributed by atoms with Crippen molar-refractivity contribution >= 4 is 33.2 Å². The zero-order valence-corrected chi connectivity index (χ0v) is 14.1. The van der Waals surface area contributed by atoms with Crippen molar-refractivity contribution in [3.63, 3.8) is 0 Å². The summed E-state index contributed by atoms with van der Waals surface area (Å²) in [6.45, 7) is 11.2. The standard InChI is InChI=1S/C15H23BrClN/c1-11(2)9-18(10-12(3)4)15-7-14(17)6-5-13(15)8-16/h5-7,11-12H,8-10H2,1-4H3. The number of hydrogen-bond acceptors (Lipinski definition) is 1. The summed E-state index contributed by atoms with van der Waals surface area (Å²) in [5.41, 5.74) is 2.57. The first-order chi connectivity index (χ1) is 8.43. The second kappa shape index (κ2) is 7.40. The van der Waals surface area contributed by atoms with Gasteiger partial charge in [-0.05, 0) is 29.5 Å². The molecule has 0 saturated carbocycles. The van der Waals surface area contributed by atoms with Crippen LogP contribution in [0.1, 0.15) is 33.3 Å². The quantitative estimate of drug-likeness (QED) is 0.634. The van der Waals surface area contributed by atoms with Gasteiger partial charge in [-0.15, -0.1) is 0 Å². The molecule has 1 rings (SSSR count). The fourth-order valence-electron chi connectivity index (χ4n) is 2.10. The van der Waals surface area contributed by atoms with Gasteiger partial charge in [0, 0.05) is 29.1 Å². The topological polar surface area (TPSA) is 3.24 Å². The van der Waals surface area contributed by atoms with Crippen molar-refractivity contribution in [3.8, 4) is 0 Å². The molecule has 0 aliphatic rings. The number of rotatable bonds is 6. The molecule has 0 N–H and O–H groups in total. The highest BCUT2D eigenvalue weighted by Gasteiger charge is 2.14. The lowest BCUT2D eigenvalue weighted by Gasteiger charge is -2.30. The summed E-state index contributed by atoms with van der Waals surface area (Å²) in [5, 5.41) is 1.68. The second-order valence-electron chi connectivity index (χ2n) is 5.60. The van der Waals surface area contributed by atoms with Crippen LogP contribution in [-0.2, 0) is 5.33 Å². The molecule has 0 radical (unpaired) electrons. The maximum Gasteiger partial charge on any atom is 0.0426 e. The molecule has 0 aromatic heterocycles. The van der Waals surface area contributed by atoms with Crippen LogP contribution in [0.5, 0.6) is 0 Å². The number of alkyl halides is 1. The van der Waals surface area contributed by atoms with Crippen LogP contribution in [0.2, 0.25) is 5.02 Å². The summed E-state index contributed by atoms with van der Waals surface area (Å²) in [4.78, 5) is 2.46. The van der Waals surface area contributed by atoms with Gasteiger partial charge in [0.15, 0.2) is 0 Å². The fraction of sp³-hybridized carbons (Fsp3) is 0.600. The summed E-state index contributed by atoms with van der Waals surface area (Å²) in [6.07, 6.45) is 0. The third-order valence-corrected chi connectivity index (χ3v) is 3.54. The van der Waals surface area contributed by atoms with Gasteiger partial charge in [-0.25, -0.2) is 0 Å². The van der Waals surface area contributed by atoms with Crippen molar-refractivity contribution in [1.82, 2.24) is 0 Å². The van der Waals surface area contributed by atoms with Gasteiger partial charge in [0.05, 0.1) is 0 Å². The van der Waals surface area contributed by atoms with E-state index < -0.39 is 0 Å². The predicted octanol–water partition coefficient (Wildman–Crippen LogP) is 5.35. The molecular weight excluding hydrogens is 310 g/mol. The minimum Gasteiger partial charge on any atom is -0.371 e. The highest BCUT2D eigenvalue weighted by atomic mass is 79.9. The minimum absolute atomic E-state index is 0.644. The summed E-state index contributed by atoms with van der Waals surface area (Å²) in [5.74, 6) is 1.29. The van der Waals surface area contributed by atoms with Crippen molar-refractivity contribution in [3.05, 3.63) is 28.8 Å². The minimum atomic E-state index is 0.644. The van der Waals surface area contributed by atoms with Gasteiger partial charge < -0.3 is 4.90 Å². The molecule has 1 aromatic rings. The van der Waals surface area contributed by atoms with Crippen LogP contribution < -0.4 is 4.90 Å². The van der Waals surface area contributed by atoms with Crippen LogP contribution >= 0.6 is 27.5 Å². The molecule has 0 aliphatic carbocycles. The first-order valence-corrected chi connectivity index (χ1v) is 8.03. The molecule has 1 aromatic carbocycles. The molecule has 0 unspecified atom stereocenters. The molecule has 0 aliphatic heterocycles. The number of hydrogen-bond donors (Lipinski definition) is 0. The van der Waals surface area contributed by atoms with E-state index in [-0.39, 0.29) is 0 Å². The number of nitrogens with zero attached hydrogens (tertiary/aromatic N) is 1. The van der Waals surface area contributed by atoms with E-state index in [2.05, 4.69) is 60.7 Å². The van der Waals surface area contributed by atoms with Crippen LogP contribution in [0.25, 0.3) is 0 Å². The monoisotopic (exact) mass is 331 g/mol. The fourth-order valence-corrected chi connectivity index (χ4v) is 2.74. The maximum absolute atomic E-state index is 6.15. The SMILES string of the molecule is CC(C)CN(CC(C)C)c1cc(Cl)ccc1CBr. The van der Waals surface area contributed by atoms with Crippen LogP contribution in [0.3, 0.4) is 0 Å². The lowest BCUT2D eigenvalue weighted by Crippen LogP contribution is -2.32. The van der Waals surface area contributed by atoms with E-state index in [0.29, 0.717) is 11.8 Å². The Balaban J connectivity index is 3.05. The third kappa shape index (κ3) is 4.81. The van der Waals surface area contributed by atoms with Gasteiger partial charge in [0.25, 0.3) is 0 Å². The normalized spacial score (nSPS) is 11.3. The van der Waals surface area contributed by atoms with Gasteiger partial charge in [-0.2, -0.15) is 0 Å². The van der Waals surface area contributed by atoms with Crippen molar-refractivity contribution < 1.29 is 0 Å². The van der Waals surface area contributed by atoms with E-state index in [0.717, 1.165) is 23.4 Å². The van der Waals surface area contributed by atoms with Gasteiger partial charge in [0.1, 0.15) is 0 Å². The van der Waals surface area contributed by atoms with E-state index in [1.54, 1.807) is 0 Å². The van der Waals surface area contributed by atoms with Crippen LogP contribution in [0.15, 0.2) is 18.2 Å². The number of benzene rings is 1. The first-order valence-electron chi connectivity index (χ1n) is 6.53. The molecule has 1 nitrogen and oxygen atoms in total. The van der Waals surface area contributed by atoms with E-state index in [1.165, 1.54) is 11.3 Å². The van der Waals surface area contributed by atoms with E-state index in [4.69, 9.17) is 11.6 Å². The molecule has 0 spiro atoms. The molecule has 0 heterocycles. The lowest BCUT2D eigenvalue weighted by atomic mass is 10.1. The zero-order chi connectivity index (χ0) is 13.7. The molecule has 18 heavy (non-hydrogen) atoms. The first kappa shape index (κ1) is 15.8. The van der Waals surface area contributed by atoms with Crippen molar-refractivity contribution in [2.75, 3.05) is 18.0 Å². The van der Waals surface area contributed by atoms with E-state index >= 15 is 0 Å². The molecule has 0 saturated heterocycles. The second-order valence-corrected chi connectivity index (χ2v) is 6.60. The largest absolute Gasteiger partial charge is 0.371 e. The highest BCUT2D eigenvalue weighted by Crippen LogP contribution is 2.28. The molecule has 0 bridgehead atoms. The van der Waals surface area contributed by atoms with Crippen LogP contribution in [0, 0.1) is 11.8 Å². The molecule has 0 fully saturated rings. The van der Waals surface area contributed by atoms with Gasteiger partial charge in [0.2, 0.25) is 0 Å². The average Bonchev–Trinajstić information content (AvgIpc) is 2.26. The molecule has 0 atom stereocenters. The average molecular weight is 333 g/mol. The Kier molecular flexibility index (Phi) is 6.51. The Morgan fingerprint density at radius 1 is 1.11 bits per heavy atom. The van der Waals surface area contributed by atoms with Gasteiger partial charge in [-0.3, -0.25) is 0 Å². The molecule has 102 valence electrons. The lowest BCUT2D eigenvalue weighted by molar-refractivity contribution is 0.552. The van der Waals surface area contributed by atoms with Crippen molar-refractivity contribution in [1.29, 1.82) is 0 Å². The zero-order valence-electron chi connectivity index (χ0n) is 11.7. The summed E-state index contributed by atoms with van der Waals surface area (Å²) >= 11 is 9.71. The highest BCUT2D eigenvalue weighted by molar-refractivity contribution is 9.08. The molecular formula is C15H23BrClN. The molecule has 3 heteroatoms. The van der Waals surface area contributed by atoms with E-state index in [9.17, 15) is 0 Å². The summed E-state index contributed by atoms with van der Waals surface area (Å²) in [6, 6.07) is 6.16. The summed E-state index contributed by atoms with van der Waals surface area (Å²) in [7, 11) is 0. The number of halogens is 2. The third-order valence-electron chi connectivity index (χ3n) is 2.70. The Bertz CT molecular complexity index is 367. The van der Waals surface area contributed by atoms with Crippen molar-refractivity contribution in [2.24, 2.45) is 11.8 Å². The van der Waals surface area contributed by atoms with Crippen molar-refractivity contribution in [2.45, 2.75) is 33.0 Å². The van der Waals surface area contributed by atoms with Crippen LogP contribution in [-0.4, -0.2) is 13.1 Å². The van der Waals surface area contributed by atoms with Crippen LogP contribution in [0.4, 0.5) is 5.69 Å². The van der Waals surface area contributed by atoms with E-state index in [1.807, 2.05) is 6.07 Å². The number of anilines is 1. The van der Waals surface area contributed by atoms with Gasteiger partial charge in [-0.1, -0.05) is 61.3 Å². The smallest absolute Gasteiger partial charge is 0.0426 e. The Labute approximate surface area is 125 Å². The Morgan fingerprint density at radius 2 is 1.67 bits per heavy atom. The predicted molar refractivity (Wildman–Crippen MR) is 86.0 cm³/mol. The van der Waals surface area contributed by atoms with Gasteiger partial charge >= 0.3 is 0 Å². The molecule has 0 amide bonds. The summed E-state index contributed by atoms with van der Waals surface area (Å²) < 4.78 is 0. The maximum atomic E-state index is 6.15. The Hall–Kier alpha value is -0.210. The Morgan fingerprint density at radius 3 is 2.11 bits per heavy atom.